The lowest BCUT2D eigenvalue weighted by Crippen LogP contribution is -2.52. The molecule has 2 aliphatic heterocycles. The van der Waals surface area contributed by atoms with Gasteiger partial charge >= 0.3 is 0 Å². The molecule has 8 heteroatoms. The highest BCUT2D eigenvalue weighted by atomic mass is 16.5. The predicted molar refractivity (Wildman–Crippen MR) is 120 cm³/mol. The first-order valence-corrected chi connectivity index (χ1v) is 11.6. The first kappa shape index (κ1) is 22.0. The van der Waals surface area contributed by atoms with Crippen LogP contribution in [0, 0.1) is 19.8 Å². The molecule has 0 spiro atoms. The first-order chi connectivity index (χ1) is 15.0. The third-order valence-electron chi connectivity index (χ3n) is 7.11. The Labute approximate surface area is 184 Å². The van der Waals surface area contributed by atoms with Crippen LogP contribution in [0.15, 0.2) is 6.07 Å². The normalized spacial score (nSPS) is 21.8. The Morgan fingerprint density at radius 1 is 1.26 bits per heavy atom. The Bertz CT molecular complexity index is 902. The Morgan fingerprint density at radius 2 is 2.06 bits per heavy atom. The number of carbonyl (C=O) groups excluding carboxylic acids is 1. The number of rotatable bonds is 7. The molecular formula is C23H36N6O2. The lowest BCUT2D eigenvalue weighted by molar-refractivity contribution is 0.0313. The molecule has 0 bridgehead atoms. The molecule has 0 saturated carbocycles. The van der Waals surface area contributed by atoms with Crippen LogP contribution in [-0.4, -0.2) is 81.6 Å². The highest BCUT2D eigenvalue weighted by Crippen LogP contribution is 2.32. The second-order valence-corrected chi connectivity index (χ2v) is 9.08. The van der Waals surface area contributed by atoms with Crippen molar-refractivity contribution < 1.29 is 9.53 Å². The van der Waals surface area contributed by atoms with E-state index in [1.54, 1.807) is 7.11 Å². The van der Waals surface area contributed by atoms with Crippen molar-refractivity contribution in [3.8, 4) is 11.3 Å². The van der Waals surface area contributed by atoms with Crippen molar-refractivity contribution in [3.05, 3.63) is 23.1 Å². The van der Waals surface area contributed by atoms with Crippen molar-refractivity contribution in [1.29, 1.82) is 0 Å². The lowest BCUT2D eigenvalue weighted by atomic mass is 9.83. The van der Waals surface area contributed by atoms with Crippen LogP contribution >= 0.6 is 0 Å². The molecule has 2 atom stereocenters. The van der Waals surface area contributed by atoms with Crippen LogP contribution in [0.2, 0.25) is 0 Å². The van der Waals surface area contributed by atoms with Gasteiger partial charge in [0.05, 0.1) is 18.0 Å². The van der Waals surface area contributed by atoms with Gasteiger partial charge in [0.1, 0.15) is 5.69 Å². The molecule has 0 aromatic carbocycles. The molecule has 31 heavy (non-hydrogen) atoms. The van der Waals surface area contributed by atoms with Crippen LogP contribution in [0.5, 0.6) is 0 Å². The fourth-order valence-electron chi connectivity index (χ4n) is 5.42. The SMILES string of the molecule is COCCN(C[C@@H]1CCCN2CCCC[C@@H]12)C(=O)c1cc(-c2c(C)nn(C)c2C)n[nH]1. The zero-order valence-corrected chi connectivity index (χ0v) is 19.4. The van der Waals surface area contributed by atoms with Crippen LogP contribution in [-0.2, 0) is 11.8 Å². The third-order valence-corrected chi connectivity index (χ3v) is 7.11. The standard InChI is InChI=1S/C23H36N6O2/c1-16-22(17(2)27(3)26-16)19-14-20(25-24-19)23(30)29(12-13-31-4)15-18-8-7-11-28-10-6-5-9-21(18)28/h14,18,21H,5-13,15H2,1-4H3,(H,24,25)/t18-,21-/m0/s1. The van der Waals surface area contributed by atoms with Crippen molar-refractivity contribution in [2.24, 2.45) is 13.0 Å². The number of nitrogens with one attached hydrogen (secondary N) is 1. The summed E-state index contributed by atoms with van der Waals surface area (Å²) in [6, 6.07) is 2.48. The second kappa shape index (κ2) is 9.53. The summed E-state index contributed by atoms with van der Waals surface area (Å²) >= 11 is 0. The van der Waals surface area contributed by atoms with Crippen LogP contribution < -0.4 is 0 Å². The van der Waals surface area contributed by atoms with Gasteiger partial charge in [0, 0.05) is 44.5 Å². The minimum absolute atomic E-state index is 0.00271. The van der Waals surface area contributed by atoms with Crippen molar-refractivity contribution >= 4 is 5.91 Å². The first-order valence-electron chi connectivity index (χ1n) is 11.6. The maximum atomic E-state index is 13.5. The number of nitrogens with zero attached hydrogens (tertiary/aromatic N) is 5. The summed E-state index contributed by atoms with van der Waals surface area (Å²) in [5, 5.41) is 11.9. The molecule has 4 rings (SSSR count). The van der Waals surface area contributed by atoms with E-state index in [1.165, 1.54) is 45.2 Å². The van der Waals surface area contributed by atoms with E-state index in [4.69, 9.17) is 4.74 Å². The van der Waals surface area contributed by atoms with Gasteiger partial charge in [-0.3, -0.25) is 14.6 Å². The van der Waals surface area contributed by atoms with Crippen LogP contribution in [0.1, 0.15) is 54.0 Å². The maximum Gasteiger partial charge on any atom is 0.271 e. The number of fused-ring (bicyclic) bond motifs is 1. The number of amides is 1. The number of H-pyrrole nitrogens is 1. The van der Waals surface area contributed by atoms with Gasteiger partial charge in [0.2, 0.25) is 0 Å². The van der Waals surface area contributed by atoms with E-state index in [1.807, 2.05) is 36.5 Å². The third kappa shape index (κ3) is 4.55. The molecule has 4 heterocycles. The van der Waals surface area contributed by atoms with E-state index in [2.05, 4.69) is 20.2 Å². The summed E-state index contributed by atoms with van der Waals surface area (Å²) in [6.45, 7) is 8.33. The second-order valence-electron chi connectivity index (χ2n) is 9.08. The summed E-state index contributed by atoms with van der Waals surface area (Å²) < 4.78 is 7.17. The van der Waals surface area contributed by atoms with E-state index in [0.29, 0.717) is 30.8 Å². The molecule has 2 aromatic rings. The number of hydrogen-bond donors (Lipinski definition) is 1. The van der Waals surface area contributed by atoms with Gasteiger partial charge in [-0.15, -0.1) is 0 Å². The topological polar surface area (TPSA) is 79.3 Å². The monoisotopic (exact) mass is 428 g/mol. The average Bonchev–Trinajstić information content (AvgIpc) is 3.34. The summed E-state index contributed by atoms with van der Waals surface area (Å²) in [5.74, 6) is 0.531. The van der Waals surface area contributed by atoms with Gasteiger partial charge in [-0.2, -0.15) is 10.2 Å². The fourth-order valence-corrected chi connectivity index (χ4v) is 5.42. The molecule has 8 nitrogen and oxygen atoms in total. The number of aromatic nitrogens is 4. The Morgan fingerprint density at radius 3 is 2.81 bits per heavy atom. The Hall–Kier alpha value is -2.19. The van der Waals surface area contributed by atoms with Gasteiger partial charge in [-0.05, 0) is 64.6 Å². The molecule has 2 saturated heterocycles. The molecule has 1 N–H and O–H groups in total. The predicted octanol–water partition coefficient (Wildman–Crippen LogP) is 2.78. The number of carbonyl (C=O) groups is 1. The largest absolute Gasteiger partial charge is 0.383 e. The van der Waals surface area contributed by atoms with Gasteiger partial charge in [-0.1, -0.05) is 6.42 Å². The quantitative estimate of drug-likeness (QED) is 0.734. The summed E-state index contributed by atoms with van der Waals surface area (Å²) in [4.78, 5) is 18.1. The van der Waals surface area contributed by atoms with Crippen molar-refractivity contribution in [1.82, 2.24) is 29.8 Å². The molecular weight excluding hydrogens is 392 g/mol. The Kier molecular flexibility index (Phi) is 6.77. The minimum Gasteiger partial charge on any atom is -0.383 e. The van der Waals surface area contributed by atoms with E-state index >= 15 is 0 Å². The van der Waals surface area contributed by atoms with Crippen molar-refractivity contribution in [2.75, 3.05) is 39.9 Å². The number of ether oxygens (including phenoxy) is 1. The molecule has 1 amide bonds. The molecule has 0 aliphatic carbocycles. The van der Waals surface area contributed by atoms with Crippen LogP contribution in [0.4, 0.5) is 0 Å². The Balaban J connectivity index is 1.52. The van der Waals surface area contributed by atoms with E-state index < -0.39 is 0 Å². The number of aryl methyl sites for hydroxylation is 2. The molecule has 0 unspecified atom stereocenters. The van der Waals surface area contributed by atoms with Crippen LogP contribution in [0.25, 0.3) is 11.3 Å². The van der Waals surface area contributed by atoms with E-state index in [-0.39, 0.29) is 5.91 Å². The summed E-state index contributed by atoms with van der Waals surface area (Å²) in [5.41, 5.74) is 4.26. The average molecular weight is 429 g/mol. The van der Waals surface area contributed by atoms with E-state index in [9.17, 15) is 4.79 Å². The van der Waals surface area contributed by atoms with Crippen molar-refractivity contribution in [2.45, 2.75) is 52.0 Å². The number of hydrogen-bond acceptors (Lipinski definition) is 5. The molecule has 170 valence electrons. The van der Waals surface area contributed by atoms with Gasteiger partial charge in [0.25, 0.3) is 5.91 Å². The van der Waals surface area contributed by atoms with Crippen molar-refractivity contribution in [3.63, 3.8) is 0 Å². The highest BCUT2D eigenvalue weighted by molar-refractivity contribution is 5.93. The minimum atomic E-state index is 0.00271. The van der Waals surface area contributed by atoms with Gasteiger partial charge < -0.3 is 14.5 Å². The maximum absolute atomic E-state index is 13.5. The fraction of sp³-hybridized carbons (Fsp3) is 0.696. The smallest absolute Gasteiger partial charge is 0.271 e. The number of methoxy groups -OCH3 is 1. The van der Waals surface area contributed by atoms with Gasteiger partial charge in [-0.25, -0.2) is 0 Å². The zero-order valence-electron chi connectivity index (χ0n) is 19.4. The zero-order chi connectivity index (χ0) is 22.0. The van der Waals surface area contributed by atoms with Gasteiger partial charge in [0.15, 0.2) is 0 Å². The highest BCUT2D eigenvalue weighted by Gasteiger charge is 2.35. The van der Waals surface area contributed by atoms with E-state index in [0.717, 1.165) is 29.2 Å². The molecule has 2 fully saturated rings. The molecule has 2 aliphatic rings. The lowest BCUT2D eigenvalue weighted by Gasteiger charge is -2.45. The molecule has 2 aromatic heterocycles. The summed E-state index contributed by atoms with van der Waals surface area (Å²) in [6.07, 6.45) is 6.28. The number of piperidine rings is 2. The summed E-state index contributed by atoms with van der Waals surface area (Å²) in [7, 11) is 3.62. The van der Waals surface area contributed by atoms with Crippen LogP contribution in [0.3, 0.4) is 0 Å². The molecule has 0 radical (unpaired) electrons. The number of aromatic amines is 1.